The second kappa shape index (κ2) is 5.99. The van der Waals surface area contributed by atoms with Crippen LogP contribution in [-0.4, -0.2) is 19.0 Å². The van der Waals surface area contributed by atoms with Crippen LogP contribution in [0.3, 0.4) is 0 Å². The molecule has 0 atom stereocenters. The number of piperidine rings is 1. The third-order valence-electron chi connectivity index (χ3n) is 4.85. The van der Waals surface area contributed by atoms with Gasteiger partial charge in [0.05, 0.1) is 10.7 Å². The highest BCUT2D eigenvalue weighted by molar-refractivity contribution is 6.36. The van der Waals surface area contributed by atoms with Crippen molar-refractivity contribution in [3.8, 4) is 11.1 Å². The van der Waals surface area contributed by atoms with Crippen molar-refractivity contribution in [3.05, 3.63) is 53.6 Å². The van der Waals surface area contributed by atoms with Gasteiger partial charge < -0.3 is 10.2 Å². The number of carbonyl (C=O) groups excluding carboxylic acids is 1. The van der Waals surface area contributed by atoms with E-state index >= 15 is 0 Å². The van der Waals surface area contributed by atoms with Gasteiger partial charge in [0.1, 0.15) is 0 Å². The molecule has 3 nitrogen and oxygen atoms in total. The maximum atomic E-state index is 11.8. The number of anilines is 2. The van der Waals surface area contributed by atoms with E-state index in [1.165, 1.54) is 24.9 Å². The second-order valence-corrected chi connectivity index (χ2v) is 6.81. The normalized spacial score (nSPS) is 17.0. The van der Waals surface area contributed by atoms with Crippen LogP contribution in [0, 0.1) is 0 Å². The predicted molar refractivity (Wildman–Crippen MR) is 101 cm³/mol. The number of benzene rings is 2. The summed E-state index contributed by atoms with van der Waals surface area (Å²) < 4.78 is 0. The largest absolute Gasteiger partial charge is 0.372 e. The van der Waals surface area contributed by atoms with Gasteiger partial charge in [-0.05, 0) is 49.1 Å². The first-order chi connectivity index (χ1) is 11.6. The molecule has 1 N–H and O–H groups in total. The van der Waals surface area contributed by atoms with Gasteiger partial charge in [-0.15, -0.1) is 0 Å². The molecule has 2 aliphatic rings. The quantitative estimate of drug-likeness (QED) is 0.785. The van der Waals surface area contributed by atoms with Crippen LogP contribution >= 0.6 is 11.6 Å². The van der Waals surface area contributed by atoms with Gasteiger partial charge in [-0.25, -0.2) is 0 Å². The Kier molecular flexibility index (Phi) is 3.81. The van der Waals surface area contributed by atoms with E-state index < -0.39 is 0 Å². The summed E-state index contributed by atoms with van der Waals surface area (Å²) in [6, 6.07) is 12.3. The molecular weight excluding hydrogens is 320 g/mol. The van der Waals surface area contributed by atoms with Crippen LogP contribution in [0.1, 0.15) is 24.8 Å². The molecule has 0 unspecified atom stereocenters. The zero-order valence-corrected chi connectivity index (χ0v) is 14.2. The lowest BCUT2D eigenvalue weighted by Crippen LogP contribution is -2.29. The van der Waals surface area contributed by atoms with Gasteiger partial charge in [0.25, 0.3) is 5.91 Å². The highest BCUT2D eigenvalue weighted by atomic mass is 35.5. The minimum absolute atomic E-state index is 0.154. The number of amides is 1. The maximum absolute atomic E-state index is 11.8. The summed E-state index contributed by atoms with van der Waals surface area (Å²) in [5.41, 5.74) is 5.31. The molecule has 0 radical (unpaired) electrons. The number of fused-ring (bicyclic) bond motifs is 1. The molecule has 0 spiro atoms. The van der Waals surface area contributed by atoms with Gasteiger partial charge in [0.15, 0.2) is 0 Å². The summed E-state index contributed by atoms with van der Waals surface area (Å²) in [6.45, 7) is 6.12. The third-order valence-corrected chi connectivity index (χ3v) is 5.17. The Bertz CT molecular complexity index is 820. The fraction of sp³-hybridized carbons (Fsp3) is 0.250. The third kappa shape index (κ3) is 2.59. The summed E-state index contributed by atoms with van der Waals surface area (Å²) in [5, 5.41) is 3.42. The monoisotopic (exact) mass is 338 g/mol. The lowest BCUT2D eigenvalue weighted by molar-refractivity contribution is -0.110. The van der Waals surface area contributed by atoms with Crippen LogP contribution in [-0.2, 0) is 4.79 Å². The molecule has 0 bridgehead atoms. The molecule has 0 aliphatic carbocycles. The first-order valence-corrected chi connectivity index (χ1v) is 8.71. The van der Waals surface area contributed by atoms with Gasteiger partial charge in [-0.3, -0.25) is 4.79 Å². The van der Waals surface area contributed by atoms with Crippen molar-refractivity contribution in [2.24, 2.45) is 0 Å². The summed E-state index contributed by atoms with van der Waals surface area (Å²) in [5.74, 6) is -0.154. The Hall–Kier alpha value is -2.26. The zero-order valence-electron chi connectivity index (χ0n) is 13.4. The van der Waals surface area contributed by atoms with Crippen LogP contribution in [0.4, 0.5) is 11.4 Å². The molecule has 24 heavy (non-hydrogen) atoms. The molecule has 2 aromatic rings. The predicted octanol–water partition coefficient (Wildman–Crippen LogP) is 4.96. The Balaban J connectivity index is 1.67. The number of hydrogen-bond acceptors (Lipinski definition) is 2. The maximum Gasteiger partial charge on any atom is 0.255 e. The lowest BCUT2D eigenvalue weighted by Gasteiger charge is -2.28. The first kappa shape index (κ1) is 15.3. The van der Waals surface area contributed by atoms with E-state index in [1.54, 1.807) is 6.07 Å². The molecule has 0 aromatic heterocycles. The molecule has 2 aromatic carbocycles. The fourth-order valence-corrected chi connectivity index (χ4v) is 3.74. The van der Waals surface area contributed by atoms with Gasteiger partial charge in [0.2, 0.25) is 0 Å². The number of nitrogens with one attached hydrogen (secondary N) is 1. The van der Waals surface area contributed by atoms with Gasteiger partial charge in [0, 0.05) is 35.5 Å². The van der Waals surface area contributed by atoms with Gasteiger partial charge in [-0.1, -0.05) is 30.3 Å². The van der Waals surface area contributed by atoms with E-state index in [4.69, 9.17) is 11.6 Å². The highest BCUT2D eigenvalue weighted by Crippen LogP contribution is 2.39. The Labute approximate surface area is 146 Å². The summed E-state index contributed by atoms with van der Waals surface area (Å²) in [6.07, 6.45) is 3.86. The van der Waals surface area contributed by atoms with Crippen LogP contribution in [0.5, 0.6) is 0 Å². The standard InChI is InChI=1S/C20H19ClN2O/c1-13-16-11-17(18(21)12-19(16)22-20(13)24)14-5-7-15(8-6-14)23-9-3-2-4-10-23/h5-8,11-12H,1-4,9-10H2,(H,22,24). The SMILES string of the molecule is C=C1C(=O)Nc2cc(Cl)c(-c3ccc(N4CCCCC4)cc3)cc21. The van der Waals surface area contributed by atoms with E-state index in [0.717, 1.165) is 35.5 Å². The van der Waals surface area contributed by atoms with Crippen LogP contribution in [0.2, 0.25) is 5.02 Å². The average molecular weight is 339 g/mol. The van der Waals surface area contributed by atoms with Crippen molar-refractivity contribution in [2.75, 3.05) is 23.3 Å². The van der Waals surface area contributed by atoms with Crippen LogP contribution in [0.15, 0.2) is 43.0 Å². The van der Waals surface area contributed by atoms with Crippen molar-refractivity contribution >= 4 is 34.5 Å². The second-order valence-electron chi connectivity index (χ2n) is 6.40. The van der Waals surface area contributed by atoms with Crippen molar-refractivity contribution in [1.29, 1.82) is 0 Å². The number of carbonyl (C=O) groups is 1. The Morgan fingerprint density at radius 1 is 1.00 bits per heavy atom. The number of nitrogens with zero attached hydrogens (tertiary/aromatic N) is 1. The zero-order chi connectivity index (χ0) is 16.7. The van der Waals surface area contributed by atoms with E-state index in [1.807, 2.05) is 6.07 Å². The van der Waals surface area contributed by atoms with Gasteiger partial charge in [-0.2, -0.15) is 0 Å². The fourth-order valence-electron chi connectivity index (χ4n) is 3.47. The molecule has 2 aliphatic heterocycles. The van der Waals surface area contributed by atoms with Crippen molar-refractivity contribution in [1.82, 2.24) is 0 Å². The van der Waals surface area contributed by atoms with Crippen molar-refractivity contribution < 1.29 is 4.79 Å². The Morgan fingerprint density at radius 2 is 1.71 bits per heavy atom. The Morgan fingerprint density at radius 3 is 2.42 bits per heavy atom. The topological polar surface area (TPSA) is 32.3 Å². The molecule has 1 fully saturated rings. The van der Waals surface area contributed by atoms with Gasteiger partial charge >= 0.3 is 0 Å². The smallest absolute Gasteiger partial charge is 0.255 e. The van der Waals surface area contributed by atoms with E-state index in [2.05, 4.69) is 41.1 Å². The van der Waals surface area contributed by atoms with Crippen LogP contribution < -0.4 is 10.2 Å². The minimum atomic E-state index is -0.154. The molecule has 0 saturated carbocycles. The van der Waals surface area contributed by atoms with E-state index in [-0.39, 0.29) is 5.91 Å². The lowest BCUT2D eigenvalue weighted by atomic mass is 9.99. The molecular formula is C20H19ClN2O. The summed E-state index contributed by atoms with van der Waals surface area (Å²) >= 11 is 6.43. The van der Waals surface area contributed by atoms with E-state index in [0.29, 0.717) is 10.6 Å². The molecule has 122 valence electrons. The summed E-state index contributed by atoms with van der Waals surface area (Å²) in [7, 11) is 0. The molecule has 1 amide bonds. The average Bonchev–Trinajstić information content (AvgIpc) is 2.89. The molecule has 4 heteroatoms. The minimum Gasteiger partial charge on any atom is -0.372 e. The number of halogens is 1. The van der Waals surface area contributed by atoms with Crippen molar-refractivity contribution in [2.45, 2.75) is 19.3 Å². The van der Waals surface area contributed by atoms with E-state index in [9.17, 15) is 4.79 Å². The highest BCUT2D eigenvalue weighted by Gasteiger charge is 2.24. The number of hydrogen-bond donors (Lipinski definition) is 1. The van der Waals surface area contributed by atoms with Crippen molar-refractivity contribution in [3.63, 3.8) is 0 Å². The molecule has 4 rings (SSSR count). The number of rotatable bonds is 2. The first-order valence-electron chi connectivity index (χ1n) is 8.33. The van der Waals surface area contributed by atoms with Crippen LogP contribution in [0.25, 0.3) is 16.7 Å². The molecule has 1 saturated heterocycles. The molecule has 2 heterocycles. The summed E-state index contributed by atoms with van der Waals surface area (Å²) in [4.78, 5) is 14.2.